The number of rotatable bonds is 3. The van der Waals surface area contributed by atoms with E-state index in [9.17, 15) is 0 Å². The predicted octanol–water partition coefficient (Wildman–Crippen LogP) is 14.9. The molecule has 0 N–H and O–H groups in total. The van der Waals surface area contributed by atoms with Gasteiger partial charge >= 0.3 is 0 Å². The van der Waals surface area contributed by atoms with Crippen molar-refractivity contribution < 1.29 is 4.74 Å². The van der Waals surface area contributed by atoms with Crippen LogP contribution in [0.5, 0.6) is 11.5 Å². The molecule has 9 aromatic rings. The molecule has 2 aliphatic carbocycles. The van der Waals surface area contributed by atoms with Crippen LogP contribution in [-0.2, 0) is 10.8 Å². The molecule has 0 bridgehead atoms. The zero-order valence-corrected chi connectivity index (χ0v) is 32.8. The standard InChI is InChI=1S/C56H38N2O/c1-55(2)47-25-14-26-51-54(47)58(53-39-18-7-6-15-35(39)27-32-52(53)59-51)50-31-29-38(34-49(50)55)57(36-16-4-3-5-17-36)37-28-30-43-42-21-10-13-24-46(42)56(48(43)33-37)44-22-11-8-19-40(44)41-20-9-12-23-45(41)56/h3-34H,1-2H3. The number of hydrogen-bond acceptors (Lipinski definition) is 3. The minimum absolute atomic E-state index is 0.318. The Morgan fingerprint density at radius 3 is 1.68 bits per heavy atom. The molecule has 0 unspecified atom stereocenters. The van der Waals surface area contributed by atoms with Crippen molar-refractivity contribution >= 4 is 44.9 Å². The van der Waals surface area contributed by atoms with Crippen molar-refractivity contribution in [3.8, 4) is 33.8 Å². The molecule has 3 heteroatoms. The quantitative estimate of drug-likeness (QED) is 0.179. The van der Waals surface area contributed by atoms with Crippen molar-refractivity contribution in [2.24, 2.45) is 0 Å². The topological polar surface area (TPSA) is 15.7 Å². The smallest absolute Gasteiger partial charge is 0.152 e. The molecule has 2 heterocycles. The average molecular weight is 755 g/mol. The van der Waals surface area contributed by atoms with Crippen LogP contribution in [-0.4, -0.2) is 0 Å². The van der Waals surface area contributed by atoms with Gasteiger partial charge < -0.3 is 14.5 Å². The number of benzene rings is 9. The molecule has 0 saturated carbocycles. The first-order valence-electron chi connectivity index (χ1n) is 20.6. The fourth-order valence-electron chi connectivity index (χ4n) is 11.1. The summed E-state index contributed by atoms with van der Waals surface area (Å²) in [6.07, 6.45) is 0. The van der Waals surface area contributed by atoms with Crippen molar-refractivity contribution in [2.75, 3.05) is 9.80 Å². The highest BCUT2D eigenvalue weighted by atomic mass is 16.5. The molecule has 13 rings (SSSR count). The third-order valence-corrected chi connectivity index (χ3v) is 13.6. The molecule has 0 fully saturated rings. The summed E-state index contributed by atoms with van der Waals surface area (Å²) in [7, 11) is 0. The van der Waals surface area contributed by atoms with Crippen LogP contribution in [0.1, 0.15) is 47.2 Å². The average Bonchev–Trinajstić information content (AvgIpc) is 3.75. The zero-order chi connectivity index (χ0) is 39.0. The van der Waals surface area contributed by atoms with Gasteiger partial charge in [0.15, 0.2) is 11.5 Å². The summed E-state index contributed by atoms with van der Waals surface area (Å²) in [5.74, 6) is 1.76. The Bertz CT molecular complexity index is 3190. The summed E-state index contributed by atoms with van der Waals surface area (Å²) >= 11 is 0. The highest BCUT2D eigenvalue weighted by molar-refractivity contribution is 6.06. The van der Waals surface area contributed by atoms with Crippen LogP contribution in [0.3, 0.4) is 0 Å². The van der Waals surface area contributed by atoms with Gasteiger partial charge in [0, 0.05) is 27.9 Å². The van der Waals surface area contributed by atoms with Gasteiger partial charge in [0.25, 0.3) is 0 Å². The minimum Gasteiger partial charge on any atom is -0.453 e. The van der Waals surface area contributed by atoms with Crippen LogP contribution >= 0.6 is 0 Å². The second kappa shape index (κ2) is 11.6. The lowest BCUT2D eigenvalue weighted by Crippen LogP contribution is -2.32. The van der Waals surface area contributed by atoms with Gasteiger partial charge in [-0.1, -0.05) is 153 Å². The second-order valence-electron chi connectivity index (χ2n) is 16.8. The number of para-hydroxylation sites is 2. The molecule has 0 amide bonds. The largest absolute Gasteiger partial charge is 0.453 e. The SMILES string of the molecule is CC1(C)c2cc(N(c3ccccc3)c3ccc4c(c3)C3(c5ccccc5-c5ccccc53)c3ccccc3-4)ccc2N2c3c(cccc31)Oc1ccc3ccccc3c12. The number of hydrogen-bond donors (Lipinski definition) is 0. The Morgan fingerprint density at radius 1 is 0.407 bits per heavy atom. The van der Waals surface area contributed by atoms with Crippen LogP contribution < -0.4 is 14.5 Å². The molecule has 278 valence electrons. The zero-order valence-electron chi connectivity index (χ0n) is 32.8. The van der Waals surface area contributed by atoms with Crippen LogP contribution in [0.2, 0.25) is 0 Å². The van der Waals surface area contributed by atoms with Crippen molar-refractivity contribution in [3.63, 3.8) is 0 Å². The van der Waals surface area contributed by atoms with Crippen molar-refractivity contribution in [1.82, 2.24) is 0 Å². The molecule has 0 aromatic heterocycles. The van der Waals surface area contributed by atoms with Gasteiger partial charge in [0.05, 0.1) is 22.5 Å². The first-order chi connectivity index (χ1) is 29.0. The lowest BCUT2D eigenvalue weighted by atomic mass is 9.70. The number of fused-ring (bicyclic) bond motifs is 16. The van der Waals surface area contributed by atoms with Crippen molar-refractivity contribution in [2.45, 2.75) is 24.7 Å². The molecular weight excluding hydrogens is 717 g/mol. The predicted molar refractivity (Wildman–Crippen MR) is 242 cm³/mol. The highest BCUT2D eigenvalue weighted by Crippen LogP contribution is 2.64. The molecule has 4 aliphatic rings. The van der Waals surface area contributed by atoms with Crippen molar-refractivity contribution in [1.29, 1.82) is 0 Å². The minimum atomic E-state index is -0.427. The number of ether oxygens (including phenoxy) is 1. The van der Waals surface area contributed by atoms with Crippen LogP contribution in [0.4, 0.5) is 34.1 Å². The molecule has 9 aromatic carbocycles. The maximum atomic E-state index is 6.71. The van der Waals surface area contributed by atoms with Gasteiger partial charge in [0.2, 0.25) is 0 Å². The molecular formula is C56H38N2O. The van der Waals surface area contributed by atoms with Gasteiger partial charge in [-0.15, -0.1) is 0 Å². The first kappa shape index (κ1) is 32.7. The lowest BCUT2D eigenvalue weighted by molar-refractivity contribution is 0.472. The van der Waals surface area contributed by atoms with E-state index < -0.39 is 5.41 Å². The van der Waals surface area contributed by atoms with E-state index in [1.807, 2.05) is 0 Å². The monoisotopic (exact) mass is 754 g/mol. The van der Waals surface area contributed by atoms with E-state index in [2.05, 4.69) is 218 Å². The fraction of sp³-hybridized carbons (Fsp3) is 0.0714. The Morgan fingerprint density at radius 2 is 0.966 bits per heavy atom. The summed E-state index contributed by atoms with van der Waals surface area (Å²) < 4.78 is 6.71. The van der Waals surface area contributed by atoms with Crippen molar-refractivity contribution in [3.05, 3.63) is 228 Å². The van der Waals surface area contributed by atoms with Gasteiger partial charge in [-0.3, -0.25) is 0 Å². The fourth-order valence-corrected chi connectivity index (χ4v) is 11.1. The second-order valence-corrected chi connectivity index (χ2v) is 16.8. The van der Waals surface area contributed by atoms with E-state index in [0.29, 0.717) is 0 Å². The van der Waals surface area contributed by atoms with Gasteiger partial charge in [-0.2, -0.15) is 0 Å². The Labute approximate surface area is 344 Å². The molecule has 0 saturated heterocycles. The van der Waals surface area contributed by atoms with Crippen LogP contribution in [0, 0.1) is 0 Å². The van der Waals surface area contributed by atoms with Gasteiger partial charge in [-0.05, 0) is 116 Å². The normalized spacial score (nSPS) is 15.0. The summed E-state index contributed by atoms with van der Waals surface area (Å²) in [6.45, 7) is 4.72. The van der Waals surface area contributed by atoms with E-state index in [4.69, 9.17) is 4.74 Å². The first-order valence-corrected chi connectivity index (χ1v) is 20.6. The number of nitrogens with zero attached hydrogens (tertiary/aromatic N) is 2. The summed E-state index contributed by atoms with van der Waals surface area (Å²) in [5.41, 5.74) is 19.1. The van der Waals surface area contributed by atoms with Crippen LogP contribution in [0.15, 0.2) is 194 Å². The molecule has 3 nitrogen and oxygen atoms in total. The maximum absolute atomic E-state index is 6.71. The van der Waals surface area contributed by atoms with E-state index in [-0.39, 0.29) is 5.41 Å². The summed E-state index contributed by atoms with van der Waals surface area (Å²) in [5, 5.41) is 2.37. The van der Waals surface area contributed by atoms with E-state index in [1.165, 1.54) is 72.1 Å². The van der Waals surface area contributed by atoms with Gasteiger partial charge in [-0.25, -0.2) is 0 Å². The highest BCUT2D eigenvalue weighted by Gasteiger charge is 2.52. The lowest BCUT2D eigenvalue weighted by Gasteiger charge is -2.45. The third kappa shape index (κ3) is 4.16. The van der Waals surface area contributed by atoms with E-state index >= 15 is 0 Å². The molecule has 59 heavy (non-hydrogen) atoms. The summed E-state index contributed by atoms with van der Waals surface area (Å²) in [6, 6.07) is 71.7. The molecule has 1 spiro atoms. The Balaban J connectivity index is 1.05. The third-order valence-electron chi connectivity index (χ3n) is 13.6. The molecule has 0 radical (unpaired) electrons. The van der Waals surface area contributed by atoms with Gasteiger partial charge in [0.1, 0.15) is 0 Å². The van der Waals surface area contributed by atoms with Crippen LogP contribution in [0.25, 0.3) is 33.0 Å². The van der Waals surface area contributed by atoms with E-state index in [1.54, 1.807) is 0 Å². The Kier molecular flexibility index (Phi) is 6.44. The maximum Gasteiger partial charge on any atom is 0.152 e. The molecule has 0 atom stereocenters. The number of anilines is 6. The molecule has 2 aliphatic heterocycles. The van der Waals surface area contributed by atoms with E-state index in [0.717, 1.165) is 39.9 Å². The Hall–Kier alpha value is -7.36. The summed E-state index contributed by atoms with van der Waals surface area (Å²) in [4.78, 5) is 4.92.